The highest BCUT2D eigenvalue weighted by atomic mass is 16.3. The molecule has 1 aliphatic rings. The third kappa shape index (κ3) is 4.34. The molecule has 2 amide bonds. The number of carbonyl (C=O) groups is 2. The maximum absolute atomic E-state index is 13.8. The first-order chi connectivity index (χ1) is 18.2. The van der Waals surface area contributed by atoms with E-state index in [1.54, 1.807) is 47.6 Å². The number of aromatic nitrogens is 1. The van der Waals surface area contributed by atoms with E-state index in [9.17, 15) is 9.59 Å². The minimum Gasteiger partial charge on any atom is -0.464 e. The number of nitrogens with zero attached hydrogens (tertiary/aromatic N) is 2. The van der Waals surface area contributed by atoms with Gasteiger partial charge in [-0.2, -0.15) is 0 Å². The van der Waals surface area contributed by atoms with Gasteiger partial charge in [0.25, 0.3) is 11.8 Å². The van der Waals surface area contributed by atoms with Crippen LogP contribution in [0.4, 0.5) is 22.9 Å². The first kappa shape index (κ1) is 22.3. The van der Waals surface area contributed by atoms with E-state index in [0.29, 0.717) is 29.0 Å². The summed E-state index contributed by atoms with van der Waals surface area (Å²) in [6.45, 7) is 0.402. The first-order valence-corrected chi connectivity index (χ1v) is 11.8. The van der Waals surface area contributed by atoms with Crippen molar-refractivity contribution < 1.29 is 14.0 Å². The molecule has 0 saturated carbocycles. The Morgan fingerprint density at radius 1 is 0.865 bits per heavy atom. The second-order valence-corrected chi connectivity index (χ2v) is 8.60. The summed E-state index contributed by atoms with van der Waals surface area (Å²) in [5.74, 6) is 0.338. The highest BCUT2D eigenvalue weighted by molar-refractivity contribution is 6.10. The lowest BCUT2D eigenvalue weighted by molar-refractivity contribution is 0.0982. The lowest BCUT2D eigenvalue weighted by atomic mass is 10.0. The van der Waals surface area contributed by atoms with Crippen molar-refractivity contribution in [3.8, 4) is 11.3 Å². The molecule has 0 fully saturated rings. The van der Waals surface area contributed by atoms with Crippen LogP contribution in [0.2, 0.25) is 0 Å². The molecule has 5 aromatic rings. The summed E-state index contributed by atoms with van der Waals surface area (Å²) in [5.41, 5.74) is 5.12. The normalized spacial score (nSPS) is 12.1. The van der Waals surface area contributed by atoms with Gasteiger partial charge < -0.3 is 20.0 Å². The fourth-order valence-corrected chi connectivity index (χ4v) is 4.48. The quantitative estimate of drug-likeness (QED) is 0.303. The van der Waals surface area contributed by atoms with E-state index in [1.165, 1.54) is 6.20 Å². The third-order valence-electron chi connectivity index (χ3n) is 6.26. The summed E-state index contributed by atoms with van der Waals surface area (Å²) in [6.07, 6.45) is 3.09. The van der Waals surface area contributed by atoms with Crippen LogP contribution in [0.5, 0.6) is 0 Å². The van der Waals surface area contributed by atoms with Crippen molar-refractivity contribution in [2.75, 3.05) is 15.5 Å². The van der Waals surface area contributed by atoms with Gasteiger partial charge in [0.05, 0.1) is 29.7 Å². The van der Waals surface area contributed by atoms with Crippen molar-refractivity contribution in [1.82, 2.24) is 4.98 Å². The topological polar surface area (TPSA) is 87.5 Å². The average molecular weight is 487 g/mol. The predicted molar refractivity (Wildman–Crippen MR) is 143 cm³/mol. The number of nitrogens with one attached hydrogen (secondary N) is 2. The number of fused-ring (bicyclic) bond motifs is 2. The van der Waals surface area contributed by atoms with Crippen LogP contribution in [0.1, 0.15) is 26.3 Å². The molecule has 37 heavy (non-hydrogen) atoms. The Morgan fingerprint density at radius 3 is 2.51 bits per heavy atom. The molecular weight excluding hydrogens is 464 g/mol. The van der Waals surface area contributed by atoms with Crippen LogP contribution in [0.15, 0.2) is 114 Å². The summed E-state index contributed by atoms with van der Waals surface area (Å²) in [4.78, 5) is 33.0. The molecule has 0 aliphatic carbocycles. The standard InChI is InChI=1S/C30H22N4O3/c35-29(23-10-3-2-9-22(23)27-14-7-17-37-27)33-28-18-20(15-16-31-28)30(36)34-19-21-8-1-4-11-24(21)32-25-12-5-6-13-26(25)34/h1-18,32H,19H2,(H,31,33,35). The van der Waals surface area contributed by atoms with Crippen LogP contribution >= 0.6 is 0 Å². The maximum atomic E-state index is 13.8. The van der Waals surface area contributed by atoms with Crippen LogP contribution < -0.4 is 15.5 Å². The van der Waals surface area contributed by atoms with E-state index < -0.39 is 0 Å². The van der Waals surface area contributed by atoms with Gasteiger partial charge in [-0.15, -0.1) is 0 Å². The molecular formula is C30H22N4O3. The smallest absolute Gasteiger partial charge is 0.258 e. The molecule has 0 radical (unpaired) electrons. The number of amides is 2. The highest BCUT2D eigenvalue weighted by Gasteiger charge is 2.25. The Hall–Kier alpha value is -5.17. The third-order valence-corrected chi connectivity index (χ3v) is 6.26. The molecule has 0 saturated heterocycles. The van der Waals surface area contributed by atoms with Crippen LogP contribution in [0.3, 0.4) is 0 Å². The van der Waals surface area contributed by atoms with Crippen molar-refractivity contribution in [2.45, 2.75) is 6.54 Å². The van der Waals surface area contributed by atoms with E-state index in [4.69, 9.17) is 4.42 Å². The number of hydrogen-bond donors (Lipinski definition) is 2. The molecule has 180 valence electrons. The van der Waals surface area contributed by atoms with Crippen LogP contribution in [-0.4, -0.2) is 16.8 Å². The summed E-state index contributed by atoms with van der Waals surface area (Å²) < 4.78 is 5.49. The van der Waals surface area contributed by atoms with Crippen molar-refractivity contribution in [3.63, 3.8) is 0 Å². The van der Waals surface area contributed by atoms with Crippen molar-refractivity contribution >= 4 is 34.7 Å². The predicted octanol–water partition coefficient (Wildman–Crippen LogP) is 6.50. The Kier molecular flexibility index (Phi) is 5.71. The number of para-hydroxylation sites is 3. The average Bonchev–Trinajstić information content (AvgIpc) is 3.42. The Labute approximate surface area is 213 Å². The fraction of sp³-hybridized carbons (Fsp3) is 0.0333. The van der Waals surface area contributed by atoms with E-state index >= 15 is 0 Å². The summed E-state index contributed by atoms with van der Waals surface area (Å²) in [5, 5.41) is 6.27. The number of rotatable bonds is 4. The number of benzene rings is 3. The van der Waals surface area contributed by atoms with E-state index in [2.05, 4.69) is 15.6 Å². The Balaban J connectivity index is 1.30. The molecule has 0 bridgehead atoms. The lowest BCUT2D eigenvalue weighted by Crippen LogP contribution is -2.30. The number of hydrogen-bond acceptors (Lipinski definition) is 5. The summed E-state index contributed by atoms with van der Waals surface area (Å²) in [6, 6.07) is 29.6. The SMILES string of the molecule is O=C(Nc1cc(C(=O)N2Cc3ccccc3Nc3ccccc32)ccn1)c1ccccc1-c1ccco1. The largest absolute Gasteiger partial charge is 0.464 e. The number of anilines is 4. The number of carbonyl (C=O) groups excluding carboxylic acids is 2. The minimum atomic E-state index is -0.345. The molecule has 6 rings (SSSR count). The van der Waals surface area contributed by atoms with Crippen molar-refractivity contribution in [3.05, 3.63) is 126 Å². The molecule has 1 aliphatic heterocycles. The second kappa shape index (κ2) is 9.47. The van der Waals surface area contributed by atoms with Gasteiger partial charge in [0.1, 0.15) is 11.6 Å². The molecule has 7 heteroatoms. The number of pyridine rings is 1. The molecule has 7 nitrogen and oxygen atoms in total. The monoisotopic (exact) mass is 486 g/mol. The zero-order valence-corrected chi connectivity index (χ0v) is 19.7. The molecule has 0 spiro atoms. The van der Waals surface area contributed by atoms with Gasteiger partial charge in [0.15, 0.2) is 0 Å². The summed E-state index contributed by atoms with van der Waals surface area (Å²) >= 11 is 0. The molecule has 2 aromatic heterocycles. The van der Waals surface area contributed by atoms with Crippen molar-refractivity contribution in [1.29, 1.82) is 0 Å². The van der Waals surface area contributed by atoms with Gasteiger partial charge in [-0.05, 0) is 54.1 Å². The molecule has 3 heterocycles. The Morgan fingerprint density at radius 2 is 1.65 bits per heavy atom. The van der Waals surface area contributed by atoms with Crippen LogP contribution in [0, 0.1) is 0 Å². The fourth-order valence-electron chi connectivity index (χ4n) is 4.48. The van der Waals surface area contributed by atoms with E-state index in [1.807, 2.05) is 60.7 Å². The number of furan rings is 1. The first-order valence-electron chi connectivity index (χ1n) is 11.8. The van der Waals surface area contributed by atoms with E-state index in [0.717, 1.165) is 22.6 Å². The van der Waals surface area contributed by atoms with Gasteiger partial charge >= 0.3 is 0 Å². The summed E-state index contributed by atoms with van der Waals surface area (Å²) in [7, 11) is 0. The van der Waals surface area contributed by atoms with Crippen LogP contribution in [0.25, 0.3) is 11.3 Å². The lowest BCUT2D eigenvalue weighted by Gasteiger charge is -2.23. The van der Waals surface area contributed by atoms with Crippen molar-refractivity contribution in [2.24, 2.45) is 0 Å². The van der Waals surface area contributed by atoms with Gasteiger partial charge in [-0.25, -0.2) is 4.98 Å². The molecule has 2 N–H and O–H groups in total. The van der Waals surface area contributed by atoms with Gasteiger partial charge in [0.2, 0.25) is 0 Å². The molecule has 0 atom stereocenters. The zero-order valence-electron chi connectivity index (χ0n) is 19.7. The van der Waals surface area contributed by atoms with E-state index in [-0.39, 0.29) is 17.6 Å². The van der Waals surface area contributed by atoms with Gasteiger partial charge in [0, 0.05) is 23.0 Å². The molecule has 3 aromatic carbocycles. The van der Waals surface area contributed by atoms with Crippen LogP contribution in [-0.2, 0) is 6.54 Å². The molecule has 0 unspecified atom stereocenters. The maximum Gasteiger partial charge on any atom is 0.258 e. The minimum absolute atomic E-state index is 0.195. The highest BCUT2D eigenvalue weighted by Crippen LogP contribution is 2.36. The van der Waals surface area contributed by atoms with Gasteiger partial charge in [-0.1, -0.05) is 48.5 Å². The van der Waals surface area contributed by atoms with Gasteiger partial charge in [-0.3, -0.25) is 9.59 Å². The second-order valence-electron chi connectivity index (χ2n) is 8.60. The zero-order chi connectivity index (χ0) is 25.2. The Bertz CT molecular complexity index is 1610.